The van der Waals surface area contributed by atoms with Crippen LogP contribution in [0.3, 0.4) is 0 Å². The Morgan fingerprint density at radius 3 is 2.63 bits per heavy atom. The van der Waals surface area contributed by atoms with Gasteiger partial charge in [0, 0.05) is 13.1 Å². The SMILES string of the molecule is CC(NC(C)c1ccc(Br)o1)C(=O)N1CCOCC1. The van der Waals surface area contributed by atoms with Crippen LogP contribution in [-0.2, 0) is 9.53 Å². The van der Waals surface area contributed by atoms with Gasteiger partial charge >= 0.3 is 0 Å². The molecule has 19 heavy (non-hydrogen) atoms. The van der Waals surface area contributed by atoms with Crippen LogP contribution in [0.2, 0.25) is 0 Å². The summed E-state index contributed by atoms with van der Waals surface area (Å²) in [5.74, 6) is 0.925. The topological polar surface area (TPSA) is 54.7 Å². The Morgan fingerprint density at radius 2 is 2.05 bits per heavy atom. The van der Waals surface area contributed by atoms with Gasteiger partial charge in [0.1, 0.15) is 5.76 Å². The van der Waals surface area contributed by atoms with Crippen molar-refractivity contribution in [1.82, 2.24) is 10.2 Å². The highest BCUT2D eigenvalue weighted by atomic mass is 79.9. The van der Waals surface area contributed by atoms with Crippen molar-refractivity contribution < 1.29 is 13.9 Å². The third-order valence-corrected chi connectivity index (χ3v) is 3.64. The van der Waals surface area contributed by atoms with Crippen LogP contribution in [0.5, 0.6) is 0 Å². The second-order valence-corrected chi connectivity index (χ2v) is 5.47. The number of carbonyl (C=O) groups is 1. The summed E-state index contributed by atoms with van der Waals surface area (Å²) in [6.07, 6.45) is 0. The maximum atomic E-state index is 12.2. The molecular weight excluding hydrogens is 312 g/mol. The second-order valence-electron chi connectivity index (χ2n) is 4.69. The van der Waals surface area contributed by atoms with Crippen molar-refractivity contribution in [2.75, 3.05) is 26.3 Å². The number of ether oxygens (including phenoxy) is 1. The van der Waals surface area contributed by atoms with Gasteiger partial charge in [0.2, 0.25) is 5.91 Å². The molecule has 1 amide bonds. The third-order valence-electron chi connectivity index (χ3n) is 3.21. The Kier molecular flexibility index (Phi) is 5.01. The Labute approximate surface area is 121 Å². The van der Waals surface area contributed by atoms with E-state index in [0.717, 1.165) is 5.76 Å². The summed E-state index contributed by atoms with van der Waals surface area (Å²) in [5, 5.41) is 3.26. The van der Waals surface area contributed by atoms with E-state index in [-0.39, 0.29) is 18.0 Å². The molecule has 1 saturated heterocycles. The zero-order chi connectivity index (χ0) is 13.8. The van der Waals surface area contributed by atoms with E-state index < -0.39 is 0 Å². The molecule has 1 N–H and O–H groups in total. The van der Waals surface area contributed by atoms with Gasteiger partial charge in [-0.2, -0.15) is 0 Å². The molecule has 2 rings (SSSR count). The van der Waals surface area contributed by atoms with E-state index in [1.165, 1.54) is 0 Å². The average molecular weight is 331 g/mol. The van der Waals surface area contributed by atoms with Crippen molar-refractivity contribution in [3.63, 3.8) is 0 Å². The Bertz CT molecular complexity index is 429. The number of nitrogens with one attached hydrogen (secondary N) is 1. The smallest absolute Gasteiger partial charge is 0.239 e. The first-order chi connectivity index (χ1) is 9.08. The molecule has 1 aliphatic rings. The fraction of sp³-hybridized carbons (Fsp3) is 0.615. The molecule has 0 bridgehead atoms. The summed E-state index contributed by atoms with van der Waals surface area (Å²) in [6.45, 7) is 6.45. The highest BCUT2D eigenvalue weighted by Crippen LogP contribution is 2.20. The van der Waals surface area contributed by atoms with Crippen molar-refractivity contribution in [2.45, 2.75) is 25.9 Å². The molecule has 2 atom stereocenters. The predicted octanol–water partition coefficient (Wildman–Crippen LogP) is 1.94. The maximum absolute atomic E-state index is 12.2. The second kappa shape index (κ2) is 6.54. The summed E-state index contributed by atoms with van der Waals surface area (Å²) in [5.41, 5.74) is 0. The van der Waals surface area contributed by atoms with Gasteiger partial charge < -0.3 is 14.1 Å². The van der Waals surface area contributed by atoms with Crippen LogP contribution in [0, 0.1) is 0 Å². The van der Waals surface area contributed by atoms with E-state index in [1.54, 1.807) is 0 Å². The molecule has 2 heterocycles. The molecule has 0 spiro atoms. The lowest BCUT2D eigenvalue weighted by Gasteiger charge is -2.30. The van der Waals surface area contributed by atoms with E-state index in [4.69, 9.17) is 9.15 Å². The Morgan fingerprint density at radius 1 is 1.37 bits per heavy atom. The summed E-state index contributed by atoms with van der Waals surface area (Å²) in [4.78, 5) is 14.1. The number of hydrogen-bond donors (Lipinski definition) is 1. The van der Waals surface area contributed by atoms with E-state index in [2.05, 4.69) is 21.2 Å². The summed E-state index contributed by atoms with van der Waals surface area (Å²) < 4.78 is 11.4. The number of morpholine rings is 1. The van der Waals surface area contributed by atoms with Gasteiger partial charge in [0.25, 0.3) is 0 Å². The van der Waals surface area contributed by atoms with Gasteiger partial charge in [-0.15, -0.1) is 0 Å². The van der Waals surface area contributed by atoms with Gasteiger partial charge in [0.15, 0.2) is 4.67 Å². The molecule has 1 aliphatic heterocycles. The van der Waals surface area contributed by atoms with Crippen molar-refractivity contribution >= 4 is 21.8 Å². The monoisotopic (exact) mass is 330 g/mol. The first-order valence-electron chi connectivity index (χ1n) is 6.45. The van der Waals surface area contributed by atoms with Crippen LogP contribution in [0.1, 0.15) is 25.6 Å². The number of furan rings is 1. The Hall–Kier alpha value is -0.850. The molecule has 1 fully saturated rings. The molecule has 2 unspecified atom stereocenters. The molecule has 1 aromatic rings. The zero-order valence-corrected chi connectivity index (χ0v) is 12.8. The minimum Gasteiger partial charge on any atom is -0.453 e. The molecule has 0 saturated carbocycles. The maximum Gasteiger partial charge on any atom is 0.239 e. The standard InChI is InChI=1S/C13H19BrN2O3/c1-9(11-3-4-12(14)19-11)15-10(2)13(17)16-5-7-18-8-6-16/h3-4,9-10,15H,5-8H2,1-2H3. The fourth-order valence-corrected chi connectivity index (χ4v) is 2.47. The summed E-state index contributed by atoms with van der Waals surface area (Å²) in [7, 11) is 0. The van der Waals surface area contributed by atoms with Crippen LogP contribution < -0.4 is 5.32 Å². The lowest BCUT2D eigenvalue weighted by atomic mass is 10.2. The molecule has 0 aromatic carbocycles. The normalized spacial score (nSPS) is 19.2. The fourth-order valence-electron chi connectivity index (χ4n) is 2.15. The van der Waals surface area contributed by atoms with Crippen LogP contribution in [0.15, 0.2) is 21.2 Å². The number of rotatable bonds is 4. The highest BCUT2D eigenvalue weighted by molar-refractivity contribution is 9.10. The summed E-state index contributed by atoms with van der Waals surface area (Å²) >= 11 is 3.27. The van der Waals surface area contributed by atoms with E-state index in [1.807, 2.05) is 30.9 Å². The first-order valence-corrected chi connectivity index (χ1v) is 7.25. The molecule has 0 radical (unpaired) electrons. The van der Waals surface area contributed by atoms with Gasteiger partial charge in [-0.05, 0) is 41.9 Å². The third kappa shape index (κ3) is 3.81. The minimum absolute atomic E-state index is 0.00806. The highest BCUT2D eigenvalue weighted by Gasteiger charge is 2.24. The molecule has 1 aromatic heterocycles. The average Bonchev–Trinajstić information content (AvgIpc) is 2.85. The predicted molar refractivity (Wildman–Crippen MR) is 74.8 cm³/mol. The minimum atomic E-state index is -0.239. The molecule has 5 nitrogen and oxygen atoms in total. The van der Waals surface area contributed by atoms with Gasteiger partial charge in [0.05, 0.1) is 25.3 Å². The van der Waals surface area contributed by atoms with Gasteiger partial charge in [-0.25, -0.2) is 0 Å². The van der Waals surface area contributed by atoms with Gasteiger partial charge in [-0.1, -0.05) is 0 Å². The first kappa shape index (κ1) is 14.6. The van der Waals surface area contributed by atoms with Crippen molar-refractivity contribution in [3.8, 4) is 0 Å². The molecular formula is C13H19BrN2O3. The zero-order valence-electron chi connectivity index (χ0n) is 11.2. The van der Waals surface area contributed by atoms with Crippen LogP contribution >= 0.6 is 15.9 Å². The van der Waals surface area contributed by atoms with Gasteiger partial charge in [-0.3, -0.25) is 10.1 Å². The number of carbonyl (C=O) groups excluding carboxylic acids is 1. The van der Waals surface area contributed by atoms with E-state index in [9.17, 15) is 4.79 Å². The van der Waals surface area contributed by atoms with Crippen molar-refractivity contribution in [1.29, 1.82) is 0 Å². The lowest BCUT2D eigenvalue weighted by Crippen LogP contribution is -2.49. The van der Waals surface area contributed by atoms with E-state index >= 15 is 0 Å². The molecule has 106 valence electrons. The number of halogens is 1. The quantitative estimate of drug-likeness (QED) is 0.916. The number of hydrogen-bond acceptors (Lipinski definition) is 4. The van der Waals surface area contributed by atoms with E-state index in [0.29, 0.717) is 31.0 Å². The van der Waals surface area contributed by atoms with Crippen LogP contribution in [0.4, 0.5) is 0 Å². The van der Waals surface area contributed by atoms with Crippen LogP contribution in [0.25, 0.3) is 0 Å². The number of nitrogens with zero attached hydrogens (tertiary/aromatic N) is 1. The summed E-state index contributed by atoms with van der Waals surface area (Å²) in [6, 6.07) is 3.50. The van der Waals surface area contributed by atoms with Crippen molar-refractivity contribution in [3.05, 3.63) is 22.6 Å². The van der Waals surface area contributed by atoms with Crippen molar-refractivity contribution in [2.24, 2.45) is 0 Å². The largest absolute Gasteiger partial charge is 0.453 e. The Balaban J connectivity index is 1.89. The molecule has 6 heteroatoms. The molecule has 0 aliphatic carbocycles. The lowest BCUT2D eigenvalue weighted by molar-refractivity contribution is -0.137. The number of amides is 1. The van der Waals surface area contributed by atoms with Crippen LogP contribution in [-0.4, -0.2) is 43.2 Å².